The molecule has 0 bridgehead atoms. The van der Waals surface area contributed by atoms with Gasteiger partial charge in [-0.3, -0.25) is 24.6 Å². The molecular formula is C27H32N4O3. The first kappa shape index (κ1) is 21.7. The summed E-state index contributed by atoms with van der Waals surface area (Å²) in [7, 11) is 0. The van der Waals surface area contributed by atoms with Gasteiger partial charge in [-0.05, 0) is 93.2 Å². The normalized spacial score (nSPS) is 24.8. The van der Waals surface area contributed by atoms with Gasteiger partial charge in [-0.1, -0.05) is 18.2 Å². The van der Waals surface area contributed by atoms with Gasteiger partial charge < -0.3 is 10.2 Å². The first-order valence-corrected chi connectivity index (χ1v) is 12.8. The molecule has 4 aliphatic rings. The molecule has 0 aromatic heterocycles. The van der Waals surface area contributed by atoms with Crippen LogP contribution in [0.1, 0.15) is 60.4 Å². The van der Waals surface area contributed by atoms with Crippen LogP contribution in [-0.2, 0) is 9.59 Å². The zero-order valence-corrected chi connectivity index (χ0v) is 19.5. The van der Waals surface area contributed by atoms with Gasteiger partial charge in [0.05, 0.1) is 5.69 Å². The number of piperidine rings is 3. The van der Waals surface area contributed by atoms with Gasteiger partial charge in [0.25, 0.3) is 5.91 Å². The first-order chi connectivity index (χ1) is 16.6. The summed E-state index contributed by atoms with van der Waals surface area (Å²) < 4.78 is 0. The summed E-state index contributed by atoms with van der Waals surface area (Å²) >= 11 is 0. The van der Waals surface area contributed by atoms with Gasteiger partial charge in [-0.2, -0.15) is 0 Å². The van der Waals surface area contributed by atoms with Crippen LogP contribution in [0.2, 0.25) is 0 Å². The Morgan fingerprint density at radius 2 is 1.71 bits per heavy atom. The van der Waals surface area contributed by atoms with Crippen LogP contribution in [0.15, 0.2) is 30.3 Å². The molecule has 3 saturated heterocycles. The molecule has 7 nitrogen and oxygen atoms in total. The fourth-order valence-corrected chi connectivity index (χ4v) is 6.48. The third-order valence-corrected chi connectivity index (χ3v) is 8.29. The summed E-state index contributed by atoms with van der Waals surface area (Å²) in [5.41, 5.74) is 2.79. The largest absolute Gasteiger partial charge is 0.317 e. The average molecular weight is 461 g/mol. The highest BCUT2D eigenvalue weighted by Gasteiger charge is 2.41. The Kier molecular flexibility index (Phi) is 5.62. The number of rotatable bonds is 4. The van der Waals surface area contributed by atoms with Gasteiger partial charge in [0.15, 0.2) is 0 Å². The molecule has 2 N–H and O–H groups in total. The molecule has 0 saturated carbocycles. The van der Waals surface area contributed by atoms with Crippen molar-refractivity contribution < 1.29 is 14.4 Å². The molecule has 4 aliphatic heterocycles. The number of amides is 3. The van der Waals surface area contributed by atoms with E-state index in [1.165, 1.54) is 24.9 Å². The van der Waals surface area contributed by atoms with Crippen molar-refractivity contribution >= 4 is 34.2 Å². The second-order valence-corrected chi connectivity index (χ2v) is 10.3. The van der Waals surface area contributed by atoms with Crippen molar-refractivity contribution in [3.05, 3.63) is 41.5 Å². The van der Waals surface area contributed by atoms with Gasteiger partial charge in [-0.25, -0.2) is 0 Å². The maximum Gasteiger partial charge on any atom is 0.259 e. The summed E-state index contributed by atoms with van der Waals surface area (Å²) in [4.78, 5) is 41.8. The highest BCUT2D eigenvalue weighted by molar-refractivity contribution is 6.27. The summed E-state index contributed by atoms with van der Waals surface area (Å²) in [6.45, 7) is 5.76. The van der Waals surface area contributed by atoms with Crippen LogP contribution >= 0.6 is 0 Å². The monoisotopic (exact) mass is 460 g/mol. The number of hydrogen-bond donors (Lipinski definition) is 2. The first-order valence-electron chi connectivity index (χ1n) is 12.8. The van der Waals surface area contributed by atoms with Gasteiger partial charge >= 0.3 is 0 Å². The number of benzene rings is 2. The molecule has 0 aliphatic carbocycles. The topological polar surface area (TPSA) is 81.8 Å². The van der Waals surface area contributed by atoms with E-state index in [1.807, 2.05) is 18.2 Å². The molecule has 0 spiro atoms. The van der Waals surface area contributed by atoms with E-state index in [2.05, 4.69) is 27.7 Å². The molecule has 4 heterocycles. The number of carbonyl (C=O) groups excluding carboxylic acids is 3. The van der Waals surface area contributed by atoms with Crippen LogP contribution in [-0.4, -0.2) is 61.4 Å². The lowest BCUT2D eigenvalue weighted by Crippen LogP contribution is -2.53. The zero-order chi connectivity index (χ0) is 23.2. The van der Waals surface area contributed by atoms with E-state index in [4.69, 9.17) is 0 Å². The molecule has 178 valence electrons. The molecule has 3 amide bonds. The van der Waals surface area contributed by atoms with Crippen molar-refractivity contribution in [1.82, 2.24) is 15.5 Å². The van der Waals surface area contributed by atoms with Crippen LogP contribution in [0.3, 0.4) is 0 Å². The third-order valence-electron chi connectivity index (χ3n) is 8.29. The minimum absolute atomic E-state index is 0.135. The third kappa shape index (κ3) is 3.71. The molecule has 0 radical (unpaired) electrons. The second-order valence-electron chi connectivity index (χ2n) is 10.3. The van der Waals surface area contributed by atoms with Crippen LogP contribution in [0, 0.1) is 5.92 Å². The van der Waals surface area contributed by atoms with Crippen LogP contribution in [0.5, 0.6) is 0 Å². The Morgan fingerprint density at radius 3 is 2.47 bits per heavy atom. The molecule has 1 atom stereocenters. The average Bonchev–Trinajstić information content (AvgIpc) is 3.14. The van der Waals surface area contributed by atoms with Crippen molar-refractivity contribution in [3.8, 4) is 0 Å². The smallest absolute Gasteiger partial charge is 0.259 e. The Labute approximate surface area is 199 Å². The summed E-state index contributed by atoms with van der Waals surface area (Å²) in [6, 6.07) is 9.52. The van der Waals surface area contributed by atoms with E-state index < -0.39 is 6.04 Å². The fraction of sp³-hybridized carbons (Fsp3) is 0.519. The van der Waals surface area contributed by atoms with Crippen molar-refractivity contribution in [3.63, 3.8) is 0 Å². The number of likely N-dealkylation sites (tertiary alicyclic amines) is 1. The Morgan fingerprint density at radius 1 is 0.912 bits per heavy atom. The van der Waals surface area contributed by atoms with Crippen LogP contribution < -0.4 is 15.5 Å². The van der Waals surface area contributed by atoms with E-state index in [0.717, 1.165) is 61.4 Å². The van der Waals surface area contributed by atoms with Crippen molar-refractivity contribution in [2.24, 2.45) is 5.92 Å². The van der Waals surface area contributed by atoms with E-state index >= 15 is 0 Å². The molecule has 6 rings (SSSR count). The Hall–Kier alpha value is -2.77. The van der Waals surface area contributed by atoms with Crippen molar-refractivity contribution in [2.45, 2.75) is 50.5 Å². The molecule has 2 aromatic rings. The molecule has 3 fully saturated rings. The van der Waals surface area contributed by atoms with Crippen molar-refractivity contribution in [2.75, 3.05) is 37.6 Å². The van der Waals surface area contributed by atoms with Crippen molar-refractivity contribution in [1.29, 1.82) is 0 Å². The molecule has 1 unspecified atom stereocenters. The van der Waals surface area contributed by atoms with E-state index in [1.54, 1.807) is 4.90 Å². The minimum atomic E-state index is -0.634. The highest BCUT2D eigenvalue weighted by Crippen LogP contribution is 2.44. The lowest BCUT2D eigenvalue weighted by atomic mass is 9.85. The number of hydrogen-bond acceptors (Lipinski definition) is 5. The standard InChI is InChI=1S/C27H32N4O3/c32-24-7-6-23(26(33)29-24)31-22-5-4-19(20-2-1-3-21(25(20)22)27(31)34)18-10-14-30(15-11-18)16-17-8-12-28-13-9-17/h1-5,17-18,23,28H,6-16H2,(H,29,32,33). The fourth-order valence-electron chi connectivity index (χ4n) is 6.48. The second kappa shape index (κ2) is 8.78. The summed E-state index contributed by atoms with van der Waals surface area (Å²) in [6.07, 6.45) is 5.46. The zero-order valence-electron chi connectivity index (χ0n) is 19.5. The highest BCUT2D eigenvalue weighted by atomic mass is 16.2. The minimum Gasteiger partial charge on any atom is -0.317 e. The predicted molar refractivity (Wildman–Crippen MR) is 131 cm³/mol. The Bertz CT molecular complexity index is 1150. The number of imide groups is 1. The quantitative estimate of drug-likeness (QED) is 0.686. The van der Waals surface area contributed by atoms with Gasteiger partial charge in [0.2, 0.25) is 11.8 Å². The van der Waals surface area contributed by atoms with Crippen LogP contribution in [0.4, 0.5) is 5.69 Å². The van der Waals surface area contributed by atoms with E-state index in [-0.39, 0.29) is 24.1 Å². The van der Waals surface area contributed by atoms with E-state index in [0.29, 0.717) is 17.9 Å². The van der Waals surface area contributed by atoms with Gasteiger partial charge in [0, 0.05) is 23.9 Å². The van der Waals surface area contributed by atoms with Gasteiger partial charge in [0.1, 0.15) is 6.04 Å². The maximum atomic E-state index is 13.4. The Balaban J connectivity index is 1.24. The summed E-state index contributed by atoms with van der Waals surface area (Å²) in [5, 5.41) is 7.96. The molecular weight excluding hydrogens is 428 g/mol. The lowest BCUT2D eigenvalue weighted by Gasteiger charge is -2.36. The SMILES string of the molecule is O=C1CCC(N2C(=O)c3cccc4c(C5CCN(CC6CCNCC6)CC5)ccc2c34)C(=O)N1. The number of anilines is 1. The maximum absolute atomic E-state index is 13.4. The molecule has 2 aromatic carbocycles. The number of carbonyl (C=O) groups is 3. The number of nitrogens with zero attached hydrogens (tertiary/aromatic N) is 2. The van der Waals surface area contributed by atoms with E-state index in [9.17, 15) is 14.4 Å². The lowest BCUT2D eigenvalue weighted by molar-refractivity contribution is -0.134. The summed E-state index contributed by atoms with van der Waals surface area (Å²) in [5.74, 6) is 0.518. The van der Waals surface area contributed by atoms with Crippen LogP contribution in [0.25, 0.3) is 10.8 Å². The predicted octanol–water partition coefficient (Wildman–Crippen LogP) is 2.78. The van der Waals surface area contributed by atoms with Gasteiger partial charge in [-0.15, -0.1) is 0 Å². The molecule has 34 heavy (non-hydrogen) atoms. The number of nitrogens with one attached hydrogen (secondary N) is 2. The molecule has 7 heteroatoms.